The van der Waals surface area contributed by atoms with Crippen LogP contribution >= 0.6 is 0 Å². The number of H-pyrrole nitrogens is 1. The predicted molar refractivity (Wildman–Crippen MR) is 91.7 cm³/mol. The van der Waals surface area contributed by atoms with Gasteiger partial charge >= 0.3 is 5.97 Å². The average Bonchev–Trinajstić information content (AvgIpc) is 2.88. The van der Waals surface area contributed by atoms with Crippen LogP contribution in [-0.4, -0.2) is 27.1 Å². The molecule has 0 fully saturated rings. The largest absolute Gasteiger partial charge is 0.478 e. The molecule has 0 saturated heterocycles. The topological polar surface area (TPSA) is 87.5 Å². The van der Waals surface area contributed by atoms with Crippen LogP contribution in [0, 0.1) is 12.7 Å². The second-order valence-corrected chi connectivity index (χ2v) is 5.38. The van der Waals surface area contributed by atoms with Gasteiger partial charge in [-0.25, -0.2) is 13.9 Å². The number of aromatic amines is 1. The minimum Gasteiger partial charge on any atom is -0.478 e. The fourth-order valence-electron chi connectivity index (χ4n) is 2.31. The first-order valence-electron chi connectivity index (χ1n) is 7.40. The Hall–Kier alpha value is -3.48. The molecule has 0 aliphatic rings. The Labute approximate surface area is 141 Å². The molecule has 0 amide bonds. The number of aromatic carboxylic acids is 1. The lowest BCUT2D eigenvalue weighted by atomic mass is 10.2. The van der Waals surface area contributed by atoms with Crippen molar-refractivity contribution >= 4 is 17.9 Å². The molecule has 7 heteroatoms. The van der Waals surface area contributed by atoms with Crippen LogP contribution in [-0.2, 0) is 0 Å². The van der Waals surface area contributed by atoms with Gasteiger partial charge < -0.3 is 5.11 Å². The average molecular weight is 339 g/mol. The van der Waals surface area contributed by atoms with Crippen LogP contribution in [0.3, 0.4) is 0 Å². The number of aryl methyl sites for hydroxylation is 1. The van der Waals surface area contributed by atoms with Crippen molar-refractivity contribution < 1.29 is 14.3 Å². The number of aliphatic imine (C=N–C) groups is 1. The molecule has 3 aromatic rings. The van der Waals surface area contributed by atoms with Gasteiger partial charge in [-0.15, -0.1) is 0 Å². The maximum atomic E-state index is 13.0. The Bertz CT molecular complexity index is 1000. The highest BCUT2D eigenvalue weighted by Crippen LogP contribution is 2.14. The van der Waals surface area contributed by atoms with Crippen molar-refractivity contribution in [2.45, 2.75) is 6.92 Å². The van der Waals surface area contributed by atoms with Crippen LogP contribution < -0.4 is 5.56 Å². The summed E-state index contributed by atoms with van der Waals surface area (Å²) in [5.74, 6) is -1.40. The fourth-order valence-corrected chi connectivity index (χ4v) is 2.31. The van der Waals surface area contributed by atoms with E-state index < -0.39 is 5.97 Å². The lowest BCUT2D eigenvalue weighted by Crippen LogP contribution is -2.17. The number of benzene rings is 2. The van der Waals surface area contributed by atoms with Crippen LogP contribution in [0.5, 0.6) is 0 Å². The number of hydrogen-bond acceptors (Lipinski definition) is 3. The van der Waals surface area contributed by atoms with Crippen molar-refractivity contribution in [1.29, 1.82) is 0 Å². The molecular formula is C18H14FN3O3. The van der Waals surface area contributed by atoms with E-state index in [4.69, 9.17) is 5.11 Å². The van der Waals surface area contributed by atoms with Gasteiger partial charge in [0.2, 0.25) is 0 Å². The molecule has 0 aliphatic carbocycles. The molecule has 0 spiro atoms. The number of carboxylic acid groups (broad SMARTS) is 1. The Balaban J connectivity index is 1.91. The Morgan fingerprint density at radius 1 is 1.16 bits per heavy atom. The van der Waals surface area contributed by atoms with E-state index in [0.29, 0.717) is 22.6 Å². The van der Waals surface area contributed by atoms with E-state index in [0.717, 1.165) is 0 Å². The van der Waals surface area contributed by atoms with Crippen molar-refractivity contribution in [3.63, 3.8) is 0 Å². The minimum atomic E-state index is -1.01. The summed E-state index contributed by atoms with van der Waals surface area (Å²) < 4.78 is 14.3. The molecule has 6 nitrogen and oxygen atoms in total. The van der Waals surface area contributed by atoms with Crippen molar-refractivity contribution in [2.24, 2.45) is 4.99 Å². The fraction of sp³-hybridized carbons (Fsp3) is 0.0556. The minimum absolute atomic E-state index is 0.162. The number of rotatable bonds is 4. The number of halogens is 1. The number of hydrogen-bond donors (Lipinski definition) is 2. The number of nitrogens with one attached hydrogen (secondary N) is 1. The number of aromatic nitrogens is 2. The maximum Gasteiger partial charge on any atom is 0.335 e. The number of nitrogens with zero attached hydrogens (tertiary/aromatic N) is 2. The lowest BCUT2D eigenvalue weighted by Gasteiger charge is -2.00. The third kappa shape index (κ3) is 3.40. The zero-order valence-electron chi connectivity index (χ0n) is 13.2. The monoisotopic (exact) mass is 339 g/mol. The molecular weight excluding hydrogens is 325 g/mol. The van der Waals surface area contributed by atoms with Gasteiger partial charge in [0, 0.05) is 11.9 Å². The van der Waals surface area contributed by atoms with E-state index in [9.17, 15) is 14.0 Å². The van der Waals surface area contributed by atoms with E-state index in [1.807, 2.05) is 0 Å². The second-order valence-electron chi connectivity index (χ2n) is 5.38. The van der Waals surface area contributed by atoms with Crippen molar-refractivity contribution in [1.82, 2.24) is 9.78 Å². The highest BCUT2D eigenvalue weighted by molar-refractivity contribution is 5.88. The summed E-state index contributed by atoms with van der Waals surface area (Å²) in [5.41, 5.74) is 1.87. The van der Waals surface area contributed by atoms with Crippen molar-refractivity contribution in [3.05, 3.63) is 81.5 Å². The standard InChI is InChI=1S/C18H14FN3O3/c1-11-16(10-20-14-6-2-12(3-7-14)18(24)25)17(23)22(21-11)15-8-4-13(19)5-9-15/h2-10,21H,1H3,(H,24,25). The summed E-state index contributed by atoms with van der Waals surface area (Å²) in [7, 11) is 0. The van der Waals surface area contributed by atoms with Crippen LogP contribution in [0.2, 0.25) is 0 Å². The van der Waals surface area contributed by atoms with Gasteiger partial charge in [-0.3, -0.25) is 14.9 Å². The molecule has 2 N–H and O–H groups in total. The Kier molecular flexibility index (Phi) is 4.30. The van der Waals surface area contributed by atoms with E-state index in [1.54, 1.807) is 19.1 Å². The van der Waals surface area contributed by atoms with Crippen LogP contribution in [0.15, 0.2) is 58.3 Å². The van der Waals surface area contributed by atoms with Crippen LogP contribution in [0.4, 0.5) is 10.1 Å². The van der Waals surface area contributed by atoms with Gasteiger partial charge in [-0.1, -0.05) is 0 Å². The third-order valence-corrected chi connectivity index (χ3v) is 3.66. The lowest BCUT2D eigenvalue weighted by molar-refractivity contribution is 0.0697. The first kappa shape index (κ1) is 16.4. The quantitative estimate of drug-likeness (QED) is 0.716. The highest BCUT2D eigenvalue weighted by Gasteiger charge is 2.10. The van der Waals surface area contributed by atoms with Gasteiger partial charge in [0.15, 0.2) is 0 Å². The van der Waals surface area contributed by atoms with Gasteiger partial charge in [0.25, 0.3) is 5.56 Å². The Morgan fingerprint density at radius 2 is 1.80 bits per heavy atom. The van der Waals surface area contributed by atoms with Crippen LogP contribution in [0.1, 0.15) is 21.6 Å². The SMILES string of the molecule is Cc1[nH]n(-c2ccc(F)cc2)c(=O)c1C=Nc1ccc(C(=O)O)cc1. The summed E-state index contributed by atoms with van der Waals surface area (Å²) in [6, 6.07) is 11.5. The Morgan fingerprint density at radius 3 is 2.40 bits per heavy atom. The molecule has 0 radical (unpaired) electrons. The molecule has 0 unspecified atom stereocenters. The van der Waals surface area contributed by atoms with E-state index in [1.165, 1.54) is 47.3 Å². The first-order chi connectivity index (χ1) is 12.0. The summed E-state index contributed by atoms with van der Waals surface area (Å²) in [4.78, 5) is 27.5. The highest BCUT2D eigenvalue weighted by atomic mass is 19.1. The van der Waals surface area contributed by atoms with E-state index in [2.05, 4.69) is 10.1 Å². The summed E-state index contributed by atoms with van der Waals surface area (Å²) >= 11 is 0. The molecule has 25 heavy (non-hydrogen) atoms. The van der Waals surface area contributed by atoms with Crippen LogP contribution in [0.25, 0.3) is 5.69 Å². The zero-order chi connectivity index (χ0) is 18.0. The molecule has 0 atom stereocenters. The zero-order valence-corrected chi connectivity index (χ0v) is 13.2. The first-order valence-corrected chi connectivity index (χ1v) is 7.40. The maximum absolute atomic E-state index is 13.0. The molecule has 1 aromatic heterocycles. The van der Waals surface area contributed by atoms with Crippen molar-refractivity contribution in [2.75, 3.05) is 0 Å². The van der Waals surface area contributed by atoms with E-state index >= 15 is 0 Å². The summed E-state index contributed by atoms with van der Waals surface area (Å²) in [6.45, 7) is 1.73. The number of carbonyl (C=O) groups is 1. The van der Waals surface area contributed by atoms with Gasteiger partial charge in [0.1, 0.15) is 5.82 Å². The second kappa shape index (κ2) is 6.56. The predicted octanol–water partition coefficient (Wildman–Crippen LogP) is 3.06. The normalized spacial score (nSPS) is 11.1. The molecule has 0 aliphatic heterocycles. The van der Waals surface area contributed by atoms with Gasteiger partial charge in [-0.2, -0.15) is 0 Å². The van der Waals surface area contributed by atoms with Crippen molar-refractivity contribution in [3.8, 4) is 5.69 Å². The number of carboxylic acids is 1. The molecule has 3 rings (SSSR count). The van der Waals surface area contributed by atoms with Gasteiger partial charge in [-0.05, 0) is 55.5 Å². The molecule has 0 bridgehead atoms. The molecule has 1 heterocycles. The molecule has 0 saturated carbocycles. The third-order valence-electron chi connectivity index (χ3n) is 3.66. The smallest absolute Gasteiger partial charge is 0.335 e. The molecule has 126 valence electrons. The van der Waals surface area contributed by atoms with Gasteiger partial charge in [0.05, 0.1) is 22.5 Å². The van der Waals surface area contributed by atoms with E-state index in [-0.39, 0.29) is 16.9 Å². The molecule has 2 aromatic carbocycles. The summed E-state index contributed by atoms with van der Waals surface area (Å²) in [6.07, 6.45) is 1.42. The summed E-state index contributed by atoms with van der Waals surface area (Å²) in [5, 5.41) is 11.8.